The molecule has 0 saturated carbocycles. The van der Waals surface area contributed by atoms with Crippen LogP contribution in [0.25, 0.3) is 0 Å². The van der Waals surface area contributed by atoms with Gasteiger partial charge in [0.25, 0.3) is 5.91 Å². The molecule has 1 aliphatic heterocycles. The first-order chi connectivity index (χ1) is 12.2. The van der Waals surface area contributed by atoms with Crippen LogP contribution in [0.4, 0.5) is 21.9 Å². The first kappa shape index (κ1) is 17.8. The van der Waals surface area contributed by atoms with Gasteiger partial charge in [-0.3, -0.25) is 9.69 Å². The van der Waals surface area contributed by atoms with Gasteiger partial charge in [-0.25, -0.2) is 4.79 Å². The number of nitrogens with zero attached hydrogens (tertiary/aromatic N) is 1. The van der Waals surface area contributed by atoms with Crippen molar-refractivity contribution in [1.29, 1.82) is 0 Å². The van der Waals surface area contributed by atoms with E-state index in [0.717, 1.165) is 17.7 Å². The molecule has 2 aromatic carbocycles. The Hall–Kier alpha value is -3.02. The average Bonchev–Trinajstić information content (AvgIpc) is 2.97. The van der Waals surface area contributed by atoms with Crippen molar-refractivity contribution in [1.82, 2.24) is 0 Å². The highest BCUT2D eigenvalue weighted by molar-refractivity contribution is 6.08. The maximum Gasteiger partial charge on any atom is 0.414 e. The first-order valence-electron chi connectivity index (χ1n) is 8.54. The number of fused-ring (bicyclic) bond motifs is 1. The number of amides is 2. The number of anilines is 3. The van der Waals surface area contributed by atoms with Crippen molar-refractivity contribution in [2.75, 3.05) is 22.5 Å². The van der Waals surface area contributed by atoms with Crippen molar-refractivity contribution < 1.29 is 14.3 Å². The summed E-state index contributed by atoms with van der Waals surface area (Å²) >= 11 is 0. The van der Waals surface area contributed by atoms with Crippen LogP contribution in [0.3, 0.4) is 0 Å². The molecule has 1 heterocycles. The van der Waals surface area contributed by atoms with E-state index in [9.17, 15) is 9.59 Å². The maximum absolute atomic E-state index is 12.4. The van der Waals surface area contributed by atoms with Crippen LogP contribution in [0.2, 0.25) is 0 Å². The molecule has 0 radical (unpaired) electrons. The van der Waals surface area contributed by atoms with E-state index in [2.05, 4.69) is 5.32 Å². The summed E-state index contributed by atoms with van der Waals surface area (Å²) < 4.78 is 5.47. The largest absolute Gasteiger partial charge is 0.443 e. The molecule has 0 aromatic heterocycles. The molecule has 2 aromatic rings. The van der Waals surface area contributed by atoms with E-state index >= 15 is 0 Å². The van der Waals surface area contributed by atoms with Gasteiger partial charge in [-0.15, -0.1) is 0 Å². The van der Waals surface area contributed by atoms with Crippen LogP contribution in [-0.4, -0.2) is 24.1 Å². The number of hydrogen-bond donors (Lipinski definition) is 2. The summed E-state index contributed by atoms with van der Waals surface area (Å²) in [5, 5.41) is 2.84. The molecule has 2 amide bonds. The fourth-order valence-corrected chi connectivity index (χ4v) is 2.87. The molecule has 0 aliphatic carbocycles. The zero-order valence-electron chi connectivity index (χ0n) is 15.2. The lowest BCUT2D eigenvalue weighted by Gasteiger charge is -2.25. The summed E-state index contributed by atoms with van der Waals surface area (Å²) in [5.74, 6) is -0.287. The lowest BCUT2D eigenvalue weighted by molar-refractivity contribution is 0.0584. The van der Waals surface area contributed by atoms with Gasteiger partial charge in [0.1, 0.15) is 5.60 Å². The Labute approximate surface area is 152 Å². The van der Waals surface area contributed by atoms with Crippen molar-refractivity contribution in [3.63, 3.8) is 0 Å². The second kappa shape index (κ2) is 6.71. The van der Waals surface area contributed by atoms with E-state index in [0.29, 0.717) is 23.5 Å². The molecule has 6 nitrogen and oxygen atoms in total. The Kier molecular flexibility index (Phi) is 4.59. The number of carbonyl (C=O) groups excluding carboxylic acids is 2. The van der Waals surface area contributed by atoms with Crippen molar-refractivity contribution in [3.05, 3.63) is 53.6 Å². The molecule has 0 fully saturated rings. The number of rotatable bonds is 2. The van der Waals surface area contributed by atoms with Crippen molar-refractivity contribution in [2.24, 2.45) is 0 Å². The number of hydrogen-bond acceptors (Lipinski definition) is 4. The van der Waals surface area contributed by atoms with Gasteiger partial charge in [0.2, 0.25) is 0 Å². The zero-order chi connectivity index (χ0) is 18.9. The SMILES string of the molecule is CC(C)(C)OC(=O)N1CCc2ccc(NC(=O)c3ccccc3N)cc21. The monoisotopic (exact) mass is 353 g/mol. The Morgan fingerprint density at radius 2 is 1.88 bits per heavy atom. The minimum absolute atomic E-state index is 0.287. The van der Waals surface area contributed by atoms with Gasteiger partial charge in [0.15, 0.2) is 0 Å². The Morgan fingerprint density at radius 3 is 2.58 bits per heavy atom. The summed E-state index contributed by atoms with van der Waals surface area (Å²) in [6.07, 6.45) is 0.376. The highest BCUT2D eigenvalue weighted by atomic mass is 16.6. The van der Waals surface area contributed by atoms with Crippen LogP contribution in [0.15, 0.2) is 42.5 Å². The fourth-order valence-electron chi connectivity index (χ4n) is 2.87. The van der Waals surface area contributed by atoms with Crippen LogP contribution >= 0.6 is 0 Å². The number of benzene rings is 2. The number of ether oxygens (including phenoxy) is 1. The van der Waals surface area contributed by atoms with E-state index in [1.54, 1.807) is 35.2 Å². The predicted molar refractivity (Wildman–Crippen MR) is 103 cm³/mol. The Morgan fingerprint density at radius 1 is 1.15 bits per heavy atom. The Bertz CT molecular complexity index is 856. The van der Waals surface area contributed by atoms with Gasteiger partial charge in [0, 0.05) is 17.9 Å². The Balaban J connectivity index is 1.80. The number of nitrogens with two attached hydrogens (primary N) is 1. The zero-order valence-corrected chi connectivity index (χ0v) is 15.2. The highest BCUT2D eigenvalue weighted by Gasteiger charge is 2.29. The van der Waals surface area contributed by atoms with Crippen molar-refractivity contribution >= 4 is 29.1 Å². The van der Waals surface area contributed by atoms with Crippen LogP contribution in [0.1, 0.15) is 36.7 Å². The summed E-state index contributed by atoms with van der Waals surface area (Å²) in [4.78, 5) is 26.5. The molecule has 0 saturated heterocycles. The summed E-state index contributed by atoms with van der Waals surface area (Å²) in [7, 11) is 0. The lowest BCUT2D eigenvalue weighted by Crippen LogP contribution is -2.35. The molecule has 0 unspecified atom stereocenters. The van der Waals surface area contributed by atoms with E-state index in [4.69, 9.17) is 10.5 Å². The molecule has 26 heavy (non-hydrogen) atoms. The predicted octanol–water partition coefficient (Wildman–Crippen LogP) is 3.82. The molecule has 1 aliphatic rings. The summed E-state index contributed by atoms with van der Waals surface area (Å²) in [6.45, 7) is 6.07. The van der Waals surface area contributed by atoms with Crippen LogP contribution < -0.4 is 16.0 Å². The van der Waals surface area contributed by atoms with Gasteiger partial charge < -0.3 is 15.8 Å². The molecule has 0 spiro atoms. The smallest absolute Gasteiger partial charge is 0.414 e. The van der Waals surface area contributed by atoms with Crippen LogP contribution in [0.5, 0.6) is 0 Å². The third kappa shape index (κ3) is 3.79. The van der Waals surface area contributed by atoms with Gasteiger partial charge in [-0.1, -0.05) is 18.2 Å². The summed E-state index contributed by atoms with van der Waals surface area (Å²) in [6, 6.07) is 12.4. The number of nitrogen functional groups attached to an aromatic ring is 1. The standard InChI is InChI=1S/C20H23N3O3/c1-20(2,3)26-19(25)23-11-10-13-8-9-14(12-17(13)23)22-18(24)15-6-4-5-7-16(15)21/h4-9,12H,10-11,21H2,1-3H3,(H,22,24). The highest BCUT2D eigenvalue weighted by Crippen LogP contribution is 2.32. The molecule has 0 atom stereocenters. The summed E-state index contributed by atoms with van der Waals surface area (Å²) in [5.41, 5.74) is 8.54. The van der Waals surface area contributed by atoms with Crippen molar-refractivity contribution in [2.45, 2.75) is 32.8 Å². The minimum atomic E-state index is -0.559. The van der Waals surface area contributed by atoms with E-state index in [1.807, 2.05) is 32.9 Å². The van der Waals surface area contributed by atoms with Gasteiger partial charge in [-0.2, -0.15) is 0 Å². The second-order valence-corrected chi connectivity index (χ2v) is 7.27. The lowest BCUT2D eigenvalue weighted by atomic mass is 10.1. The molecule has 6 heteroatoms. The van der Waals surface area contributed by atoms with Crippen LogP contribution in [0, 0.1) is 0 Å². The maximum atomic E-state index is 12.4. The molecule has 3 rings (SSSR count). The second-order valence-electron chi connectivity index (χ2n) is 7.27. The van der Waals surface area contributed by atoms with Gasteiger partial charge >= 0.3 is 6.09 Å². The molecule has 136 valence electrons. The number of nitrogens with one attached hydrogen (secondary N) is 1. The minimum Gasteiger partial charge on any atom is -0.443 e. The normalized spacial score (nSPS) is 13.3. The van der Waals surface area contributed by atoms with Gasteiger partial charge in [-0.05, 0) is 57.0 Å². The fraction of sp³-hybridized carbons (Fsp3) is 0.300. The average molecular weight is 353 g/mol. The van der Waals surface area contributed by atoms with Crippen LogP contribution in [-0.2, 0) is 11.2 Å². The molecular formula is C20H23N3O3. The van der Waals surface area contributed by atoms with Crippen molar-refractivity contribution in [3.8, 4) is 0 Å². The quantitative estimate of drug-likeness (QED) is 0.804. The topological polar surface area (TPSA) is 84.7 Å². The third-order valence-electron chi connectivity index (χ3n) is 4.06. The number of para-hydroxylation sites is 1. The van der Waals surface area contributed by atoms with Gasteiger partial charge in [0.05, 0.1) is 11.3 Å². The van der Waals surface area contributed by atoms with E-state index < -0.39 is 5.60 Å². The third-order valence-corrected chi connectivity index (χ3v) is 4.06. The number of carbonyl (C=O) groups is 2. The molecule has 0 bridgehead atoms. The van der Waals surface area contributed by atoms with E-state index in [1.165, 1.54) is 0 Å². The molecule has 3 N–H and O–H groups in total. The van der Waals surface area contributed by atoms with E-state index in [-0.39, 0.29) is 12.0 Å². The first-order valence-corrected chi connectivity index (χ1v) is 8.54. The molecular weight excluding hydrogens is 330 g/mol.